The minimum atomic E-state index is -6.23. The Morgan fingerprint density at radius 1 is 0.960 bits per heavy atom. The number of ether oxygens (including phenoxy) is 1. The maximum absolute atomic E-state index is 12.8. The van der Waals surface area contributed by atoms with E-state index in [0.717, 1.165) is 0 Å². The fourth-order valence-electron chi connectivity index (χ4n) is 1.54. The van der Waals surface area contributed by atoms with Gasteiger partial charge in [0.2, 0.25) is 0 Å². The first-order valence-corrected chi connectivity index (χ1v) is 7.92. The quantitative estimate of drug-likeness (QED) is 0.703. The number of carbonyl (C=O) groups is 1. The first-order chi connectivity index (χ1) is 11.0. The van der Waals surface area contributed by atoms with E-state index < -0.39 is 49.0 Å². The van der Waals surface area contributed by atoms with Gasteiger partial charge in [-0.15, -0.1) is 0 Å². The van der Waals surface area contributed by atoms with Crippen molar-refractivity contribution in [1.82, 2.24) is 0 Å². The number of anilines is 1. The number of rotatable bonds is 2. The Morgan fingerprint density at radius 2 is 1.40 bits per heavy atom. The molecule has 25 heavy (non-hydrogen) atoms. The Labute approximate surface area is 139 Å². The molecule has 1 rings (SSSR count). The van der Waals surface area contributed by atoms with Gasteiger partial charge < -0.3 is 4.74 Å². The average Bonchev–Trinajstić information content (AvgIpc) is 2.34. The SMILES string of the molecule is CC(C)(C)OC(=O)N(c1ccc(C(F)(F)F)cc1)S(=O)(=O)C(F)(F)F. The molecule has 0 atom stereocenters. The van der Waals surface area contributed by atoms with Crippen molar-refractivity contribution in [3.8, 4) is 0 Å². The number of hydrogen-bond acceptors (Lipinski definition) is 4. The predicted molar refractivity (Wildman–Crippen MR) is 75.1 cm³/mol. The van der Waals surface area contributed by atoms with Crippen LogP contribution < -0.4 is 4.31 Å². The van der Waals surface area contributed by atoms with Crippen molar-refractivity contribution in [2.24, 2.45) is 0 Å². The highest BCUT2D eigenvalue weighted by atomic mass is 32.2. The summed E-state index contributed by atoms with van der Waals surface area (Å²) in [5, 5.41) is 0. The lowest BCUT2D eigenvalue weighted by Crippen LogP contribution is -2.46. The van der Waals surface area contributed by atoms with E-state index in [9.17, 15) is 39.6 Å². The Bertz CT molecular complexity index is 732. The zero-order valence-corrected chi connectivity index (χ0v) is 13.9. The van der Waals surface area contributed by atoms with Crippen molar-refractivity contribution in [3.05, 3.63) is 29.8 Å². The summed E-state index contributed by atoms with van der Waals surface area (Å²) in [6, 6.07) is 1.54. The number of sulfonamides is 1. The molecule has 5 nitrogen and oxygen atoms in total. The lowest BCUT2D eigenvalue weighted by atomic mass is 10.2. The van der Waals surface area contributed by atoms with Crippen molar-refractivity contribution in [3.63, 3.8) is 0 Å². The van der Waals surface area contributed by atoms with Gasteiger partial charge in [0.05, 0.1) is 11.3 Å². The number of carbonyl (C=O) groups excluding carboxylic acids is 1. The fraction of sp³-hybridized carbons (Fsp3) is 0.462. The minimum absolute atomic E-state index is 0.346. The molecule has 142 valence electrons. The van der Waals surface area contributed by atoms with Crippen LogP contribution in [0.1, 0.15) is 26.3 Å². The molecular weight excluding hydrogens is 380 g/mol. The maximum atomic E-state index is 12.8. The number of amides is 1. The summed E-state index contributed by atoms with van der Waals surface area (Å²) in [4.78, 5) is 11.9. The van der Waals surface area contributed by atoms with Gasteiger partial charge in [-0.25, -0.2) is 4.79 Å². The van der Waals surface area contributed by atoms with Crippen molar-refractivity contribution >= 4 is 21.8 Å². The van der Waals surface area contributed by atoms with E-state index in [1.807, 2.05) is 0 Å². The highest BCUT2D eigenvalue weighted by Crippen LogP contribution is 2.35. The lowest BCUT2D eigenvalue weighted by molar-refractivity contribution is -0.137. The van der Waals surface area contributed by atoms with Gasteiger partial charge in [0.25, 0.3) is 0 Å². The summed E-state index contributed by atoms with van der Waals surface area (Å²) in [7, 11) is -6.23. The van der Waals surface area contributed by atoms with Gasteiger partial charge in [0, 0.05) is 0 Å². The van der Waals surface area contributed by atoms with Gasteiger partial charge in [0.15, 0.2) is 0 Å². The number of benzene rings is 1. The topological polar surface area (TPSA) is 63.7 Å². The van der Waals surface area contributed by atoms with Gasteiger partial charge in [-0.1, -0.05) is 0 Å². The van der Waals surface area contributed by atoms with Gasteiger partial charge >= 0.3 is 27.8 Å². The van der Waals surface area contributed by atoms with E-state index in [4.69, 9.17) is 0 Å². The molecule has 0 radical (unpaired) electrons. The standard InChI is InChI=1S/C13H13F6NO4S/c1-11(2,3)24-10(21)20(25(22,23)13(17,18)19)9-6-4-8(5-7-9)12(14,15)16/h4-7H,1-3H3. The van der Waals surface area contributed by atoms with E-state index in [1.165, 1.54) is 20.8 Å². The van der Waals surface area contributed by atoms with E-state index in [-0.39, 0.29) is 0 Å². The number of hydrogen-bond donors (Lipinski definition) is 0. The first kappa shape index (κ1) is 21.1. The summed E-state index contributed by atoms with van der Waals surface area (Å²) in [5.74, 6) is 0. The van der Waals surface area contributed by atoms with Gasteiger partial charge in [-0.3, -0.25) is 0 Å². The molecule has 0 heterocycles. The Morgan fingerprint density at radius 3 is 1.72 bits per heavy atom. The van der Waals surface area contributed by atoms with Crippen LogP contribution in [0.3, 0.4) is 0 Å². The molecule has 0 N–H and O–H groups in total. The molecule has 1 aromatic carbocycles. The molecule has 0 spiro atoms. The van der Waals surface area contributed by atoms with Crippen LogP contribution >= 0.6 is 0 Å². The molecule has 0 fully saturated rings. The van der Waals surface area contributed by atoms with Crippen LogP contribution in [0, 0.1) is 0 Å². The van der Waals surface area contributed by atoms with Crippen molar-refractivity contribution in [2.45, 2.75) is 38.1 Å². The molecule has 0 saturated carbocycles. The zero-order chi connectivity index (χ0) is 19.8. The Kier molecular flexibility index (Phi) is 5.38. The fourth-order valence-corrected chi connectivity index (χ4v) is 2.37. The molecule has 1 amide bonds. The molecule has 1 aromatic rings. The van der Waals surface area contributed by atoms with Gasteiger partial charge in [-0.05, 0) is 45.0 Å². The van der Waals surface area contributed by atoms with Gasteiger partial charge in [-0.2, -0.15) is 39.1 Å². The highest BCUT2D eigenvalue weighted by molar-refractivity contribution is 7.94. The van der Waals surface area contributed by atoms with Crippen LogP contribution in [0.5, 0.6) is 0 Å². The van der Waals surface area contributed by atoms with E-state index >= 15 is 0 Å². The summed E-state index contributed by atoms with van der Waals surface area (Å²) in [6.07, 6.45) is -6.69. The number of nitrogens with zero attached hydrogens (tertiary/aromatic N) is 1. The van der Waals surface area contributed by atoms with Gasteiger partial charge in [0.1, 0.15) is 5.60 Å². The third-order valence-electron chi connectivity index (χ3n) is 2.52. The Balaban J connectivity index is 3.45. The number of halogens is 6. The molecular formula is C13H13F6NO4S. The van der Waals surface area contributed by atoms with Crippen LogP contribution in [0.15, 0.2) is 24.3 Å². The van der Waals surface area contributed by atoms with Crippen LogP contribution in [0.2, 0.25) is 0 Å². The van der Waals surface area contributed by atoms with E-state index in [1.54, 1.807) is 0 Å². The van der Waals surface area contributed by atoms with Crippen LogP contribution in [0.25, 0.3) is 0 Å². The molecule has 12 heteroatoms. The predicted octanol–water partition coefficient (Wildman–Crippen LogP) is 4.30. The van der Waals surface area contributed by atoms with E-state index in [2.05, 4.69) is 4.74 Å². The molecule has 0 aliphatic carbocycles. The second-order valence-corrected chi connectivity index (χ2v) is 7.52. The largest absolute Gasteiger partial charge is 0.517 e. The normalized spacial score (nSPS) is 13.5. The van der Waals surface area contributed by atoms with Crippen molar-refractivity contribution < 1.29 is 44.3 Å². The zero-order valence-electron chi connectivity index (χ0n) is 13.1. The summed E-state index contributed by atoms with van der Waals surface area (Å²) < 4.78 is 103. The molecule has 0 aromatic heterocycles. The minimum Gasteiger partial charge on any atom is -0.443 e. The first-order valence-electron chi connectivity index (χ1n) is 6.48. The third-order valence-corrected chi connectivity index (χ3v) is 3.95. The van der Waals surface area contributed by atoms with Crippen LogP contribution in [-0.4, -0.2) is 25.6 Å². The average molecular weight is 393 g/mol. The Hall–Kier alpha value is -1.98. The maximum Gasteiger partial charge on any atom is 0.517 e. The summed E-state index contributed by atoms with van der Waals surface area (Å²) >= 11 is 0. The molecule has 0 aliphatic heterocycles. The van der Waals surface area contributed by atoms with Crippen molar-refractivity contribution in [2.75, 3.05) is 4.31 Å². The number of alkyl halides is 6. The second-order valence-electron chi connectivity index (χ2n) is 5.74. The van der Waals surface area contributed by atoms with Crippen molar-refractivity contribution in [1.29, 1.82) is 0 Å². The smallest absolute Gasteiger partial charge is 0.443 e. The summed E-state index contributed by atoms with van der Waals surface area (Å²) in [6.45, 7) is 3.82. The molecule has 0 aliphatic rings. The van der Waals surface area contributed by atoms with Crippen LogP contribution in [0.4, 0.5) is 36.8 Å². The lowest BCUT2D eigenvalue weighted by Gasteiger charge is -2.27. The molecule has 0 saturated heterocycles. The van der Waals surface area contributed by atoms with E-state index in [0.29, 0.717) is 24.3 Å². The monoisotopic (exact) mass is 393 g/mol. The molecule has 0 bridgehead atoms. The summed E-state index contributed by atoms with van der Waals surface area (Å²) in [5.41, 5.74) is -9.39. The van der Waals surface area contributed by atoms with Crippen LogP contribution in [-0.2, 0) is 20.9 Å². The third kappa shape index (κ3) is 5.00. The molecule has 0 unspecified atom stereocenters. The second kappa shape index (κ2) is 6.39. The highest BCUT2D eigenvalue weighted by Gasteiger charge is 2.53.